The summed E-state index contributed by atoms with van der Waals surface area (Å²) in [4.78, 5) is 31.1. The van der Waals surface area contributed by atoms with Crippen molar-refractivity contribution in [3.05, 3.63) is 33.8 Å². The van der Waals surface area contributed by atoms with E-state index in [1.54, 1.807) is 23.1 Å². The second-order valence-electron chi connectivity index (χ2n) is 8.16. The Morgan fingerprint density at radius 3 is 2.40 bits per heavy atom. The van der Waals surface area contributed by atoms with E-state index < -0.39 is 5.60 Å². The first-order chi connectivity index (χ1) is 14.1. The molecule has 1 aromatic rings. The number of amides is 2. The Bertz CT molecular complexity index is 785. The van der Waals surface area contributed by atoms with Crippen LogP contribution in [0.4, 0.5) is 4.79 Å². The molecule has 7 nitrogen and oxygen atoms in total. The van der Waals surface area contributed by atoms with Crippen molar-refractivity contribution in [2.24, 2.45) is 5.16 Å². The lowest BCUT2D eigenvalue weighted by atomic mass is 10.0. The zero-order valence-corrected chi connectivity index (χ0v) is 19.3. The summed E-state index contributed by atoms with van der Waals surface area (Å²) in [5, 5.41) is 7.92. The molecule has 0 aromatic heterocycles. The number of rotatable bonds is 6. The van der Waals surface area contributed by atoms with E-state index >= 15 is 0 Å². The molecular weight excluding hydrogens is 429 g/mol. The van der Waals surface area contributed by atoms with Gasteiger partial charge in [-0.3, -0.25) is 4.79 Å². The normalized spacial score (nSPS) is 15.7. The average molecular weight is 458 g/mol. The summed E-state index contributed by atoms with van der Waals surface area (Å²) in [7, 11) is 1.45. The van der Waals surface area contributed by atoms with Crippen molar-refractivity contribution in [3.8, 4) is 0 Å². The molecule has 2 rings (SSSR count). The van der Waals surface area contributed by atoms with Gasteiger partial charge in [0, 0.05) is 37.5 Å². The SMILES string of the molecule is CO/N=C(\CCC(=O)NC1CCN(C(=O)OC(C)(C)C)CC1)c1ccc(Cl)c(Cl)c1. The van der Waals surface area contributed by atoms with Crippen LogP contribution in [0, 0.1) is 0 Å². The molecule has 0 radical (unpaired) electrons. The minimum atomic E-state index is -0.516. The first-order valence-electron chi connectivity index (χ1n) is 9.92. The summed E-state index contributed by atoms with van der Waals surface area (Å²) in [6.07, 6.45) is 1.73. The van der Waals surface area contributed by atoms with E-state index in [0.717, 1.165) is 5.56 Å². The summed E-state index contributed by atoms with van der Waals surface area (Å²) in [6.45, 7) is 6.64. The fourth-order valence-electron chi connectivity index (χ4n) is 3.09. The van der Waals surface area contributed by atoms with Gasteiger partial charge in [-0.25, -0.2) is 4.79 Å². The van der Waals surface area contributed by atoms with Crippen LogP contribution in [-0.2, 0) is 14.4 Å². The van der Waals surface area contributed by atoms with Gasteiger partial charge in [0.25, 0.3) is 0 Å². The van der Waals surface area contributed by atoms with Crippen molar-refractivity contribution in [2.45, 2.75) is 58.1 Å². The minimum Gasteiger partial charge on any atom is -0.444 e. The van der Waals surface area contributed by atoms with Crippen LogP contribution in [0.15, 0.2) is 23.4 Å². The van der Waals surface area contributed by atoms with Gasteiger partial charge in [0.1, 0.15) is 12.7 Å². The molecule has 0 unspecified atom stereocenters. The number of benzene rings is 1. The van der Waals surface area contributed by atoms with Crippen LogP contribution < -0.4 is 5.32 Å². The Hall–Kier alpha value is -1.99. The highest BCUT2D eigenvalue weighted by Crippen LogP contribution is 2.24. The Kier molecular flexibility index (Phi) is 8.79. The Morgan fingerprint density at radius 1 is 1.17 bits per heavy atom. The zero-order chi connectivity index (χ0) is 22.3. The van der Waals surface area contributed by atoms with Gasteiger partial charge < -0.3 is 19.8 Å². The first kappa shape index (κ1) is 24.3. The van der Waals surface area contributed by atoms with Crippen molar-refractivity contribution in [1.29, 1.82) is 0 Å². The lowest BCUT2D eigenvalue weighted by Crippen LogP contribution is -2.47. The largest absolute Gasteiger partial charge is 0.444 e. The van der Waals surface area contributed by atoms with Gasteiger partial charge in [-0.2, -0.15) is 0 Å². The van der Waals surface area contributed by atoms with Gasteiger partial charge in [0.2, 0.25) is 5.91 Å². The monoisotopic (exact) mass is 457 g/mol. The molecule has 30 heavy (non-hydrogen) atoms. The number of likely N-dealkylation sites (tertiary alicyclic amines) is 1. The highest BCUT2D eigenvalue weighted by Gasteiger charge is 2.27. The molecule has 1 aliphatic heterocycles. The summed E-state index contributed by atoms with van der Waals surface area (Å²) in [5.41, 5.74) is 0.855. The number of hydrogen-bond acceptors (Lipinski definition) is 5. The van der Waals surface area contributed by atoms with Gasteiger partial charge in [-0.05, 0) is 45.7 Å². The van der Waals surface area contributed by atoms with Gasteiger partial charge in [0.05, 0.1) is 15.8 Å². The highest BCUT2D eigenvalue weighted by atomic mass is 35.5. The Balaban J connectivity index is 1.82. The van der Waals surface area contributed by atoms with Gasteiger partial charge >= 0.3 is 6.09 Å². The van der Waals surface area contributed by atoms with Crippen LogP contribution in [0.5, 0.6) is 0 Å². The summed E-state index contributed by atoms with van der Waals surface area (Å²) >= 11 is 12.0. The predicted molar refractivity (Wildman–Crippen MR) is 118 cm³/mol. The molecule has 0 bridgehead atoms. The van der Waals surface area contributed by atoms with Crippen molar-refractivity contribution >= 4 is 40.9 Å². The van der Waals surface area contributed by atoms with Crippen molar-refractivity contribution in [3.63, 3.8) is 0 Å². The van der Waals surface area contributed by atoms with Gasteiger partial charge in [0.15, 0.2) is 0 Å². The van der Waals surface area contributed by atoms with Crippen LogP contribution in [0.1, 0.15) is 52.0 Å². The molecule has 1 saturated heterocycles. The lowest BCUT2D eigenvalue weighted by Gasteiger charge is -2.33. The Morgan fingerprint density at radius 2 is 1.83 bits per heavy atom. The highest BCUT2D eigenvalue weighted by molar-refractivity contribution is 6.42. The number of ether oxygens (including phenoxy) is 1. The maximum absolute atomic E-state index is 12.4. The molecule has 1 aliphatic rings. The standard InChI is InChI=1S/C21H29Cl2N3O4/c1-21(2,3)30-20(28)26-11-9-15(10-12-26)24-19(27)8-7-18(25-29-4)14-5-6-16(22)17(23)13-14/h5-6,13,15H,7-12H2,1-4H3,(H,24,27)/b25-18+. The number of halogens is 2. The third-order valence-corrected chi connectivity index (χ3v) is 5.29. The van der Waals surface area contributed by atoms with Crippen LogP contribution in [0.25, 0.3) is 0 Å². The third kappa shape index (κ3) is 7.69. The molecule has 1 heterocycles. The quantitative estimate of drug-likeness (QED) is 0.498. The number of carbonyl (C=O) groups excluding carboxylic acids is 2. The molecule has 9 heteroatoms. The fourth-order valence-corrected chi connectivity index (χ4v) is 3.39. The number of nitrogens with zero attached hydrogens (tertiary/aromatic N) is 2. The van der Waals surface area contributed by atoms with E-state index in [1.165, 1.54) is 7.11 Å². The predicted octanol–water partition coefficient (Wildman–Crippen LogP) is 4.64. The van der Waals surface area contributed by atoms with Gasteiger partial charge in [-0.15, -0.1) is 0 Å². The van der Waals surface area contributed by atoms with Crippen LogP contribution in [0.3, 0.4) is 0 Å². The van der Waals surface area contributed by atoms with Gasteiger partial charge in [-0.1, -0.05) is 34.4 Å². The first-order valence-corrected chi connectivity index (χ1v) is 10.7. The number of oxime groups is 1. The number of carbonyl (C=O) groups is 2. The molecule has 1 N–H and O–H groups in total. The third-order valence-electron chi connectivity index (χ3n) is 4.55. The number of nitrogens with one attached hydrogen (secondary N) is 1. The van der Waals surface area contributed by atoms with Crippen LogP contribution in [0.2, 0.25) is 10.0 Å². The van der Waals surface area contributed by atoms with E-state index in [1.807, 2.05) is 20.8 Å². The molecule has 1 aromatic carbocycles. The smallest absolute Gasteiger partial charge is 0.410 e. The maximum Gasteiger partial charge on any atom is 0.410 e. The fraction of sp³-hybridized carbons (Fsp3) is 0.571. The Labute approximate surface area is 187 Å². The van der Waals surface area contributed by atoms with Crippen molar-refractivity contribution in [1.82, 2.24) is 10.2 Å². The molecule has 0 saturated carbocycles. The minimum absolute atomic E-state index is 0.0315. The van der Waals surface area contributed by atoms with Crippen LogP contribution >= 0.6 is 23.2 Å². The van der Waals surface area contributed by atoms with E-state index in [4.69, 9.17) is 32.8 Å². The van der Waals surface area contributed by atoms with Crippen molar-refractivity contribution < 1.29 is 19.2 Å². The average Bonchev–Trinajstić information content (AvgIpc) is 2.66. The zero-order valence-electron chi connectivity index (χ0n) is 17.8. The van der Waals surface area contributed by atoms with E-state index in [9.17, 15) is 9.59 Å². The lowest BCUT2D eigenvalue weighted by molar-refractivity contribution is -0.121. The second kappa shape index (κ2) is 10.9. The maximum atomic E-state index is 12.4. The van der Waals surface area contributed by atoms with Crippen molar-refractivity contribution in [2.75, 3.05) is 20.2 Å². The van der Waals surface area contributed by atoms with E-state index in [0.29, 0.717) is 48.1 Å². The molecule has 0 aliphatic carbocycles. The van der Waals surface area contributed by atoms with Crippen LogP contribution in [-0.4, -0.2) is 54.5 Å². The molecular formula is C21H29Cl2N3O4. The molecule has 2 amide bonds. The topological polar surface area (TPSA) is 80.2 Å². The van der Waals surface area contributed by atoms with E-state index in [2.05, 4.69) is 10.5 Å². The molecule has 1 fully saturated rings. The summed E-state index contributed by atoms with van der Waals surface area (Å²) in [5.74, 6) is -0.0745. The summed E-state index contributed by atoms with van der Waals surface area (Å²) < 4.78 is 5.40. The summed E-state index contributed by atoms with van der Waals surface area (Å²) in [6, 6.07) is 5.20. The van der Waals surface area contributed by atoms with E-state index in [-0.39, 0.29) is 24.5 Å². The number of hydrogen-bond donors (Lipinski definition) is 1. The molecule has 0 spiro atoms. The second-order valence-corrected chi connectivity index (χ2v) is 8.97. The molecule has 166 valence electrons. The molecule has 0 atom stereocenters. The number of piperidine rings is 1.